The van der Waals surface area contributed by atoms with Crippen LogP contribution in [0.2, 0.25) is 0 Å². The van der Waals surface area contributed by atoms with Crippen LogP contribution in [0.1, 0.15) is 13.3 Å². The van der Waals surface area contributed by atoms with Gasteiger partial charge in [0.05, 0.1) is 12.4 Å². The number of nitrogens with two attached hydrogens (primary N) is 1. The monoisotopic (exact) mass is 303 g/mol. The molecular formula is C13H25N3O3S. The van der Waals surface area contributed by atoms with Crippen molar-refractivity contribution in [1.82, 2.24) is 9.80 Å². The second kappa shape index (κ2) is 9.20. The first-order valence-electron chi connectivity index (χ1n) is 7.01. The molecule has 1 atom stereocenters. The molecule has 2 N–H and O–H groups in total. The van der Waals surface area contributed by atoms with E-state index in [1.54, 1.807) is 6.92 Å². The third-order valence-corrected chi connectivity index (χ3v) is 4.22. The number of hydrogen-bond donors (Lipinski definition) is 1. The van der Waals surface area contributed by atoms with E-state index in [1.165, 1.54) is 11.8 Å². The number of ether oxygens (including phenoxy) is 1. The summed E-state index contributed by atoms with van der Waals surface area (Å²) in [4.78, 5) is 27.4. The van der Waals surface area contributed by atoms with Gasteiger partial charge in [-0.2, -0.15) is 11.8 Å². The zero-order valence-electron chi connectivity index (χ0n) is 12.3. The predicted octanol–water partition coefficient (Wildman–Crippen LogP) is -0.226. The molecule has 1 aliphatic heterocycles. The topological polar surface area (TPSA) is 75.9 Å². The molecule has 1 fully saturated rings. The number of nitrogens with zero attached hydrogens (tertiary/aromatic N) is 2. The summed E-state index contributed by atoms with van der Waals surface area (Å²) in [5.74, 6) is 0.963. The molecule has 0 radical (unpaired) electrons. The third-order valence-electron chi connectivity index (χ3n) is 3.24. The molecule has 1 heterocycles. The minimum Gasteiger partial charge on any atom is -0.465 e. The van der Waals surface area contributed by atoms with Crippen LogP contribution in [0.3, 0.4) is 0 Å². The number of hydrogen-bond acceptors (Lipinski definition) is 6. The van der Waals surface area contributed by atoms with E-state index in [2.05, 4.69) is 11.9 Å². The molecule has 0 saturated carbocycles. The van der Waals surface area contributed by atoms with Gasteiger partial charge in [0.1, 0.15) is 6.04 Å². The highest BCUT2D eigenvalue weighted by Crippen LogP contribution is 2.08. The van der Waals surface area contributed by atoms with Crippen molar-refractivity contribution >= 4 is 23.6 Å². The van der Waals surface area contributed by atoms with E-state index in [0.29, 0.717) is 24.5 Å². The Bertz CT molecular complexity index is 320. The Labute approximate surface area is 125 Å². The zero-order valence-corrected chi connectivity index (χ0v) is 13.2. The fraction of sp³-hybridized carbons (Fsp3) is 0.846. The SMILES string of the molecule is CCOC(=O)C(N)CCSCC(=O)N1CCN(C)CC1. The summed E-state index contributed by atoms with van der Waals surface area (Å²) in [7, 11) is 2.06. The lowest BCUT2D eigenvalue weighted by Crippen LogP contribution is -2.47. The largest absolute Gasteiger partial charge is 0.465 e. The van der Waals surface area contributed by atoms with E-state index in [9.17, 15) is 9.59 Å². The summed E-state index contributed by atoms with van der Waals surface area (Å²) in [6, 6.07) is -0.582. The van der Waals surface area contributed by atoms with Gasteiger partial charge in [0.2, 0.25) is 5.91 Å². The lowest BCUT2D eigenvalue weighted by atomic mass is 10.2. The summed E-state index contributed by atoms with van der Waals surface area (Å²) in [5, 5.41) is 0. The molecule has 7 heteroatoms. The Balaban J connectivity index is 2.11. The van der Waals surface area contributed by atoms with Crippen LogP contribution in [-0.2, 0) is 14.3 Å². The molecule has 0 aromatic rings. The molecule has 0 bridgehead atoms. The Morgan fingerprint density at radius 3 is 2.55 bits per heavy atom. The van der Waals surface area contributed by atoms with Gasteiger partial charge in [0.25, 0.3) is 0 Å². The molecule has 116 valence electrons. The summed E-state index contributed by atoms with van der Waals surface area (Å²) in [6.45, 7) is 5.58. The molecule has 1 unspecified atom stereocenters. The van der Waals surface area contributed by atoms with Crippen LogP contribution in [0, 0.1) is 0 Å². The van der Waals surface area contributed by atoms with Gasteiger partial charge in [-0.3, -0.25) is 9.59 Å². The lowest BCUT2D eigenvalue weighted by Gasteiger charge is -2.32. The van der Waals surface area contributed by atoms with Gasteiger partial charge in [0, 0.05) is 26.2 Å². The number of carbonyl (C=O) groups is 2. The highest BCUT2D eigenvalue weighted by molar-refractivity contribution is 7.99. The quantitative estimate of drug-likeness (QED) is 0.517. The molecule has 0 aromatic heterocycles. The molecule has 0 aliphatic carbocycles. The van der Waals surface area contributed by atoms with Crippen molar-refractivity contribution < 1.29 is 14.3 Å². The van der Waals surface area contributed by atoms with Gasteiger partial charge in [-0.05, 0) is 26.1 Å². The second-order valence-electron chi connectivity index (χ2n) is 4.88. The van der Waals surface area contributed by atoms with E-state index in [1.807, 2.05) is 4.90 Å². The van der Waals surface area contributed by atoms with Crippen molar-refractivity contribution in [3.63, 3.8) is 0 Å². The maximum absolute atomic E-state index is 11.9. The normalized spacial score (nSPS) is 17.9. The van der Waals surface area contributed by atoms with E-state index in [4.69, 9.17) is 10.5 Å². The lowest BCUT2D eigenvalue weighted by molar-refractivity contribution is -0.144. The van der Waals surface area contributed by atoms with Crippen LogP contribution >= 0.6 is 11.8 Å². The molecule has 1 amide bonds. The Morgan fingerprint density at radius 2 is 1.95 bits per heavy atom. The summed E-state index contributed by atoms with van der Waals surface area (Å²) in [5.41, 5.74) is 5.69. The summed E-state index contributed by atoms with van der Waals surface area (Å²) in [6.07, 6.45) is 0.541. The highest BCUT2D eigenvalue weighted by atomic mass is 32.2. The second-order valence-corrected chi connectivity index (χ2v) is 5.99. The number of likely N-dealkylation sites (N-methyl/N-ethyl adjacent to an activating group) is 1. The first kappa shape index (κ1) is 17.3. The molecule has 0 aromatic carbocycles. The fourth-order valence-corrected chi connectivity index (χ4v) is 2.81. The summed E-state index contributed by atoms with van der Waals surface area (Å²) < 4.78 is 4.83. The predicted molar refractivity (Wildman–Crippen MR) is 80.6 cm³/mol. The number of carbonyl (C=O) groups excluding carboxylic acids is 2. The van der Waals surface area contributed by atoms with Gasteiger partial charge < -0.3 is 20.3 Å². The van der Waals surface area contributed by atoms with Crippen molar-refractivity contribution in [3.8, 4) is 0 Å². The van der Waals surface area contributed by atoms with Crippen LogP contribution in [0.5, 0.6) is 0 Å². The van der Waals surface area contributed by atoms with E-state index in [-0.39, 0.29) is 11.9 Å². The van der Waals surface area contributed by atoms with Crippen molar-refractivity contribution in [1.29, 1.82) is 0 Å². The number of esters is 1. The minimum absolute atomic E-state index is 0.174. The van der Waals surface area contributed by atoms with Crippen molar-refractivity contribution in [3.05, 3.63) is 0 Å². The van der Waals surface area contributed by atoms with Crippen LogP contribution in [0.15, 0.2) is 0 Å². The molecule has 0 spiro atoms. The van der Waals surface area contributed by atoms with Gasteiger partial charge in [0.15, 0.2) is 0 Å². The minimum atomic E-state index is -0.582. The average Bonchev–Trinajstić information content (AvgIpc) is 2.44. The molecule has 20 heavy (non-hydrogen) atoms. The van der Waals surface area contributed by atoms with Crippen LogP contribution < -0.4 is 5.73 Å². The maximum atomic E-state index is 11.9. The van der Waals surface area contributed by atoms with E-state index in [0.717, 1.165) is 26.2 Å². The zero-order chi connectivity index (χ0) is 15.0. The smallest absolute Gasteiger partial charge is 0.322 e. The van der Waals surface area contributed by atoms with Gasteiger partial charge in [-0.1, -0.05) is 0 Å². The first-order valence-corrected chi connectivity index (χ1v) is 8.16. The molecule has 1 saturated heterocycles. The Kier molecular flexibility index (Phi) is 7.94. The van der Waals surface area contributed by atoms with Gasteiger partial charge in [-0.15, -0.1) is 0 Å². The highest BCUT2D eigenvalue weighted by Gasteiger charge is 2.19. The standard InChI is InChI=1S/C13H25N3O3S/c1-3-19-13(18)11(14)4-9-20-10-12(17)16-7-5-15(2)6-8-16/h11H,3-10,14H2,1-2H3. The first-order chi connectivity index (χ1) is 9.54. The van der Waals surface area contributed by atoms with Gasteiger partial charge >= 0.3 is 5.97 Å². The molecule has 1 aliphatic rings. The number of thioether (sulfide) groups is 1. The van der Waals surface area contributed by atoms with Crippen LogP contribution in [0.4, 0.5) is 0 Å². The van der Waals surface area contributed by atoms with Crippen LogP contribution in [-0.4, -0.2) is 79.1 Å². The molecular weight excluding hydrogens is 278 g/mol. The van der Waals surface area contributed by atoms with Crippen molar-refractivity contribution in [2.24, 2.45) is 5.73 Å². The van der Waals surface area contributed by atoms with E-state index < -0.39 is 6.04 Å². The summed E-state index contributed by atoms with van der Waals surface area (Å²) >= 11 is 1.53. The van der Waals surface area contributed by atoms with E-state index >= 15 is 0 Å². The molecule has 1 rings (SSSR count). The van der Waals surface area contributed by atoms with Crippen molar-refractivity contribution in [2.75, 3.05) is 51.3 Å². The number of rotatable bonds is 7. The molecule has 6 nitrogen and oxygen atoms in total. The third kappa shape index (κ3) is 6.11. The van der Waals surface area contributed by atoms with Crippen molar-refractivity contribution in [2.45, 2.75) is 19.4 Å². The number of amides is 1. The fourth-order valence-electron chi connectivity index (χ4n) is 1.88. The Morgan fingerprint density at radius 1 is 1.30 bits per heavy atom. The average molecular weight is 303 g/mol. The maximum Gasteiger partial charge on any atom is 0.322 e. The van der Waals surface area contributed by atoms with Gasteiger partial charge in [-0.25, -0.2) is 0 Å². The number of piperazine rings is 1. The van der Waals surface area contributed by atoms with Crippen LogP contribution in [0.25, 0.3) is 0 Å². The Hall–Kier alpha value is -0.790.